The van der Waals surface area contributed by atoms with Crippen molar-refractivity contribution in [3.8, 4) is 0 Å². The van der Waals surface area contributed by atoms with Crippen LogP contribution in [0.1, 0.15) is 18.6 Å². The molecule has 0 aliphatic rings. The van der Waals surface area contributed by atoms with Crippen LogP contribution in [0.5, 0.6) is 0 Å². The molecule has 2 unspecified atom stereocenters. The number of aliphatic hydroxyl groups is 2. The molecule has 94 valence electrons. The van der Waals surface area contributed by atoms with E-state index in [0.717, 1.165) is 23.9 Å². The molecular formula is C11H12ClFO3S. The molecule has 0 aliphatic heterocycles. The quantitative estimate of drug-likeness (QED) is 0.886. The molecule has 0 radical (unpaired) electrons. The van der Waals surface area contributed by atoms with E-state index in [2.05, 4.69) is 0 Å². The van der Waals surface area contributed by atoms with Gasteiger partial charge in [0.25, 0.3) is 0 Å². The van der Waals surface area contributed by atoms with E-state index in [0.29, 0.717) is 0 Å². The van der Waals surface area contributed by atoms with Crippen LogP contribution in [0.2, 0.25) is 5.02 Å². The molecule has 0 heterocycles. The van der Waals surface area contributed by atoms with Crippen LogP contribution in [0.4, 0.5) is 4.39 Å². The Labute approximate surface area is 108 Å². The third-order valence-corrected chi connectivity index (χ3v) is 3.18. The highest BCUT2D eigenvalue weighted by molar-refractivity contribution is 8.13. The summed E-state index contributed by atoms with van der Waals surface area (Å²) in [7, 11) is 0. The van der Waals surface area contributed by atoms with Gasteiger partial charge in [-0.25, -0.2) is 4.39 Å². The second-order valence-corrected chi connectivity index (χ2v) is 5.15. The van der Waals surface area contributed by atoms with Gasteiger partial charge >= 0.3 is 0 Å². The monoisotopic (exact) mass is 278 g/mol. The van der Waals surface area contributed by atoms with E-state index in [1.165, 1.54) is 13.0 Å². The molecule has 0 spiro atoms. The minimum atomic E-state index is -1.27. The van der Waals surface area contributed by atoms with Crippen molar-refractivity contribution in [2.45, 2.75) is 19.1 Å². The predicted molar refractivity (Wildman–Crippen MR) is 65.5 cm³/mol. The second kappa shape index (κ2) is 6.35. The highest BCUT2D eigenvalue weighted by Gasteiger charge is 2.20. The number of carbonyl (C=O) groups excluding carboxylic acids is 1. The van der Waals surface area contributed by atoms with Crippen LogP contribution in [0.15, 0.2) is 18.2 Å². The number of aliphatic hydroxyl groups excluding tert-OH is 2. The normalized spacial score (nSPS) is 14.4. The fourth-order valence-electron chi connectivity index (χ4n) is 1.26. The summed E-state index contributed by atoms with van der Waals surface area (Å²) in [6, 6.07) is 3.57. The standard InChI is InChI=1S/C11H12ClFO3S/c1-6(14)17-5-10(15)11(16)7-2-8(12)4-9(13)3-7/h2-4,10-11,15-16H,5H2,1H3. The lowest BCUT2D eigenvalue weighted by molar-refractivity contribution is -0.109. The predicted octanol–water partition coefficient (Wildman–Crippen LogP) is 2.15. The molecule has 1 aromatic carbocycles. The Morgan fingerprint density at radius 3 is 2.65 bits per heavy atom. The lowest BCUT2D eigenvalue weighted by atomic mass is 10.1. The molecule has 6 heteroatoms. The van der Waals surface area contributed by atoms with Crippen LogP contribution >= 0.6 is 23.4 Å². The van der Waals surface area contributed by atoms with Crippen LogP contribution in [-0.4, -0.2) is 27.2 Å². The molecule has 3 nitrogen and oxygen atoms in total. The third kappa shape index (κ3) is 4.63. The number of hydrogen-bond acceptors (Lipinski definition) is 4. The Hall–Kier alpha value is -0.620. The lowest BCUT2D eigenvalue weighted by Crippen LogP contribution is -2.21. The number of halogens is 2. The number of hydrogen-bond donors (Lipinski definition) is 2. The Morgan fingerprint density at radius 1 is 1.47 bits per heavy atom. The largest absolute Gasteiger partial charge is 0.389 e. The maximum absolute atomic E-state index is 13.0. The summed E-state index contributed by atoms with van der Waals surface area (Å²) in [6.45, 7) is 1.36. The van der Waals surface area contributed by atoms with E-state index in [4.69, 9.17) is 11.6 Å². The first-order valence-electron chi connectivity index (χ1n) is 4.85. The van der Waals surface area contributed by atoms with Crippen LogP contribution < -0.4 is 0 Å². The van der Waals surface area contributed by atoms with Crippen LogP contribution in [0.25, 0.3) is 0 Å². The summed E-state index contributed by atoms with van der Waals surface area (Å²) < 4.78 is 13.0. The summed E-state index contributed by atoms with van der Waals surface area (Å²) in [5, 5.41) is 19.3. The molecule has 1 rings (SSSR count). The fraction of sp³-hybridized carbons (Fsp3) is 0.364. The van der Waals surface area contributed by atoms with Crippen molar-refractivity contribution >= 4 is 28.5 Å². The highest BCUT2D eigenvalue weighted by Crippen LogP contribution is 2.24. The van der Waals surface area contributed by atoms with Crippen molar-refractivity contribution < 1.29 is 19.4 Å². The molecule has 0 fully saturated rings. The molecule has 17 heavy (non-hydrogen) atoms. The van der Waals surface area contributed by atoms with E-state index in [-0.39, 0.29) is 21.5 Å². The lowest BCUT2D eigenvalue weighted by Gasteiger charge is -2.17. The Morgan fingerprint density at radius 2 is 2.12 bits per heavy atom. The van der Waals surface area contributed by atoms with Crippen LogP contribution in [0.3, 0.4) is 0 Å². The van der Waals surface area contributed by atoms with Gasteiger partial charge in [0.2, 0.25) is 0 Å². The molecule has 0 aliphatic carbocycles. The number of rotatable bonds is 4. The zero-order valence-corrected chi connectivity index (χ0v) is 10.6. The zero-order chi connectivity index (χ0) is 13.0. The smallest absolute Gasteiger partial charge is 0.185 e. The highest BCUT2D eigenvalue weighted by atomic mass is 35.5. The van der Waals surface area contributed by atoms with Gasteiger partial charge in [0.15, 0.2) is 5.12 Å². The van der Waals surface area contributed by atoms with Gasteiger partial charge in [0, 0.05) is 17.7 Å². The van der Waals surface area contributed by atoms with Gasteiger partial charge in [-0.15, -0.1) is 0 Å². The molecule has 2 atom stereocenters. The molecule has 0 amide bonds. The molecule has 0 bridgehead atoms. The van der Waals surface area contributed by atoms with E-state index in [9.17, 15) is 19.4 Å². The minimum absolute atomic E-state index is 0.0463. The van der Waals surface area contributed by atoms with Crippen molar-refractivity contribution in [1.29, 1.82) is 0 Å². The summed E-state index contributed by atoms with van der Waals surface area (Å²) in [6.07, 6.45) is -2.42. The van der Waals surface area contributed by atoms with Crippen molar-refractivity contribution in [2.24, 2.45) is 0 Å². The third-order valence-electron chi connectivity index (χ3n) is 2.05. The van der Waals surface area contributed by atoms with Gasteiger partial charge in [0.1, 0.15) is 11.9 Å². The number of carbonyl (C=O) groups is 1. The Kier molecular flexibility index (Phi) is 5.39. The van der Waals surface area contributed by atoms with Gasteiger partial charge < -0.3 is 10.2 Å². The molecule has 2 N–H and O–H groups in total. The first kappa shape index (κ1) is 14.4. The molecule has 0 aromatic heterocycles. The maximum Gasteiger partial charge on any atom is 0.185 e. The molecule has 1 aromatic rings. The molecular weight excluding hydrogens is 267 g/mol. The van der Waals surface area contributed by atoms with E-state index in [1.807, 2.05) is 0 Å². The topological polar surface area (TPSA) is 57.5 Å². The number of benzene rings is 1. The maximum atomic E-state index is 13.0. The van der Waals surface area contributed by atoms with Gasteiger partial charge in [-0.1, -0.05) is 23.4 Å². The average Bonchev–Trinajstić information content (AvgIpc) is 2.23. The second-order valence-electron chi connectivity index (χ2n) is 3.52. The Balaban J connectivity index is 2.73. The van der Waals surface area contributed by atoms with Crippen molar-refractivity contribution in [3.63, 3.8) is 0 Å². The van der Waals surface area contributed by atoms with E-state index in [1.54, 1.807) is 0 Å². The Bertz CT molecular complexity index is 393. The zero-order valence-electron chi connectivity index (χ0n) is 9.06. The van der Waals surface area contributed by atoms with Crippen molar-refractivity contribution in [2.75, 3.05) is 5.75 Å². The van der Waals surface area contributed by atoms with Crippen molar-refractivity contribution in [1.82, 2.24) is 0 Å². The van der Waals surface area contributed by atoms with Gasteiger partial charge in [0.05, 0.1) is 6.10 Å². The minimum Gasteiger partial charge on any atom is -0.389 e. The SMILES string of the molecule is CC(=O)SCC(O)C(O)c1cc(F)cc(Cl)c1. The van der Waals surface area contributed by atoms with Crippen LogP contribution in [0, 0.1) is 5.82 Å². The van der Waals surface area contributed by atoms with Crippen molar-refractivity contribution in [3.05, 3.63) is 34.6 Å². The first-order chi connectivity index (χ1) is 7.90. The van der Waals surface area contributed by atoms with Gasteiger partial charge in [-0.05, 0) is 23.8 Å². The van der Waals surface area contributed by atoms with Gasteiger partial charge in [-0.2, -0.15) is 0 Å². The van der Waals surface area contributed by atoms with E-state index < -0.39 is 18.0 Å². The number of thioether (sulfide) groups is 1. The summed E-state index contributed by atoms with van der Waals surface area (Å²) in [4.78, 5) is 10.7. The first-order valence-corrected chi connectivity index (χ1v) is 6.22. The van der Waals surface area contributed by atoms with E-state index >= 15 is 0 Å². The summed E-state index contributed by atoms with van der Waals surface area (Å²) >= 11 is 6.53. The average molecular weight is 279 g/mol. The fourth-order valence-corrected chi connectivity index (χ4v) is 2.08. The molecule has 0 saturated heterocycles. The van der Waals surface area contributed by atoms with Crippen LogP contribution in [-0.2, 0) is 4.79 Å². The van der Waals surface area contributed by atoms with Gasteiger partial charge in [-0.3, -0.25) is 4.79 Å². The summed E-state index contributed by atoms with van der Waals surface area (Å²) in [5.41, 5.74) is 0.187. The summed E-state index contributed by atoms with van der Waals surface area (Å²) in [5.74, 6) is -0.539. The molecule has 0 saturated carbocycles.